The van der Waals surface area contributed by atoms with Crippen LogP contribution < -0.4 is 22.7 Å². The van der Waals surface area contributed by atoms with E-state index >= 15 is 0 Å². The summed E-state index contributed by atoms with van der Waals surface area (Å²) in [4.78, 5) is 21.2. The highest BCUT2D eigenvalue weighted by Crippen LogP contribution is 1.56. The molecule has 0 aromatic carbocycles. The second-order valence-electron chi connectivity index (χ2n) is 1.54. The molecule has 8 N–H and O–H groups in total. The Balaban J connectivity index is 0. The lowest BCUT2D eigenvalue weighted by Gasteiger charge is -1.84. The van der Waals surface area contributed by atoms with Gasteiger partial charge in [-0.3, -0.25) is 5.41 Å². The molecule has 14 heavy (non-hydrogen) atoms. The van der Waals surface area contributed by atoms with Gasteiger partial charge in [0.25, 0.3) is 0 Å². The number of nitro groups is 2. The Kier molecular flexibility index (Phi) is 6.96. The molecular formula is C2H8N8O4. The molecule has 0 aliphatic carbocycles. The maximum Gasteiger partial charge on any atom is 0.220 e. The zero-order valence-corrected chi connectivity index (χ0v) is 6.71. The molecule has 80 valence electrons. The molecule has 0 unspecified atom stereocenters. The molecule has 12 nitrogen and oxygen atoms in total. The van der Waals surface area contributed by atoms with E-state index in [0.29, 0.717) is 0 Å². The third-order valence-corrected chi connectivity index (χ3v) is 0.413. The first-order valence-electron chi connectivity index (χ1n) is 2.74. The van der Waals surface area contributed by atoms with Gasteiger partial charge < -0.3 is 17.2 Å². The Hall–Kier alpha value is -2.66. The highest BCUT2D eigenvalue weighted by atomic mass is 16.8. The van der Waals surface area contributed by atoms with Gasteiger partial charge in [-0.05, 0) is 0 Å². The number of nitrogens with one attached hydrogen (secondary N) is 2. The average Bonchev–Trinajstić information content (AvgIpc) is 1.79. The van der Waals surface area contributed by atoms with Crippen molar-refractivity contribution in [2.24, 2.45) is 22.2 Å². The zero-order chi connectivity index (χ0) is 11.7. The van der Waals surface area contributed by atoms with Crippen molar-refractivity contribution >= 4 is 11.9 Å². The molecule has 0 heterocycles. The lowest BCUT2D eigenvalue weighted by molar-refractivity contribution is -0.778. The monoisotopic (exact) mass is 208 g/mol. The molecule has 0 radical (unpaired) electrons. The smallest absolute Gasteiger partial charge is 0.220 e. The number of aliphatic imine (C=N–C) groups is 1. The van der Waals surface area contributed by atoms with Crippen molar-refractivity contribution in [3.8, 4) is 0 Å². The fraction of sp³-hybridized carbons (Fsp3) is 0. The fourth-order valence-corrected chi connectivity index (χ4v) is 0.206. The van der Waals surface area contributed by atoms with Crippen LogP contribution in [0.3, 0.4) is 0 Å². The van der Waals surface area contributed by atoms with Crippen molar-refractivity contribution in [1.29, 1.82) is 5.41 Å². The predicted octanol–water partition coefficient (Wildman–Crippen LogP) is -2.89. The van der Waals surface area contributed by atoms with Crippen LogP contribution in [0.15, 0.2) is 4.99 Å². The number of hydrogen-bond acceptors (Lipinski definition) is 5. The molecule has 0 aromatic heterocycles. The van der Waals surface area contributed by atoms with E-state index in [0.717, 1.165) is 5.53 Å². The summed E-state index contributed by atoms with van der Waals surface area (Å²) in [5.41, 5.74) is 15.1. The van der Waals surface area contributed by atoms with Crippen LogP contribution in [0, 0.1) is 25.6 Å². The summed E-state index contributed by atoms with van der Waals surface area (Å²) in [6.45, 7) is 0. The highest BCUT2D eigenvalue weighted by molar-refractivity contribution is 5.90. The van der Waals surface area contributed by atoms with E-state index < -0.39 is 10.1 Å². The van der Waals surface area contributed by atoms with E-state index in [-0.39, 0.29) is 11.9 Å². The summed E-state index contributed by atoms with van der Waals surface area (Å²) < 4.78 is 0. The van der Waals surface area contributed by atoms with Gasteiger partial charge in [-0.1, -0.05) is 0 Å². The minimum atomic E-state index is -1.25. The molecule has 0 amide bonds. The first-order valence-corrected chi connectivity index (χ1v) is 2.74. The third kappa shape index (κ3) is 22.8. The van der Waals surface area contributed by atoms with Gasteiger partial charge in [0.1, 0.15) is 0 Å². The third-order valence-electron chi connectivity index (χ3n) is 0.413. The van der Waals surface area contributed by atoms with Gasteiger partial charge >= 0.3 is 0 Å². The van der Waals surface area contributed by atoms with Crippen molar-refractivity contribution in [2.75, 3.05) is 0 Å². The van der Waals surface area contributed by atoms with Crippen LogP contribution in [-0.4, -0.2) is 22.0 Å². The normalized spacial score (nSPS) is 7.43. The van der Waals surface area contributed by atoms with Crippen molar-refractivity contribution in [1.82, 2.24) is 5.53 Å². The number of nitrogens with zero attached hydrogens (tertiary/aromatic N) is 3. The van der Waals surface area contributed by atoms with E-state index in [1.807, 2.05) is 0 Å². The molecule has 0 aliphatic rings. The van der Waals surface area contributed by atoms with Crippen LogP contribution in [0.5, 0.6) is 0 Å². The summed E-state index contributed by atoms with van der Waals surface area (Å²) in [5.74, 6) is -0.562. The molecule has 0 saturated heterocycles. The molecule has 0 atom stereocenters. The fourth-order valence-electron chi connectivity index (χ4n) is 0.206. The van der Waals surface area contributed by atoms with Crippen LogP contribution in [0.1, 0.15) is 0 Å². The molecule has 0 bridgehead atoms. The van der Waals surface area contributed by atoms with Crippen LogP contribution in [-0.2, 0) is 0 Å². The minimum Gasteiger partial charge on any atom is -0.370 e. The largest absolute Gasteiger partial charge is 0.370 e. The van der Waals surface area contributed by atoms with Crippen LogP contribution >= 0.6 is 0 Å². The van der Waals surface area contributed by atoms with E-state index in [9.17, 15) is 0 Å². The van der Waals surface area contributed by atoms with Gasteiger partial charge in [0, 0.05) is 0 Å². The summed E-state index contributed by atoms with van der Waals surface area (Å²) in [5, 5.41) is 22.1. The molecule has 0 aliphatic heterocycles. The van der Waals surface area contributed by atoms with Gasteiger partial charge in [0.05, 0.1) is 0 Å². The summed E-state index contributed by atoms with van der Waals surface area (Å²) in [6, 6.07) is 0. The van der Waals surface area contributed by atoms with Crippen molar-refractivity contribution in [3.05, 3.63) is 20.2 Å². The van der Waals surface area contributed by atoms with Crippen molar-refractivity contribution in [3.63, 3.8) is 0 Å². The quantitative estimate of drug-likeness (QED) is 0.137. The second-order valence-corrected chi connectivity index (χ2v) is 1.54. The van der Waals surface area contributed by atoms with Gasteiger partial charge in [-0.15, -0.1) is 0 Å². The van der Waals surface area contributed by atoms with E-state index in [2.05, 4.69) is 4.99 Å². The van der Waals surface area contributed by atoms with Crippen LogP contribution in [0.4, 0.5) is 0 Å². The van der Waals surface area contributed by atoms with E-state index in [1.165, 1.54) is 0 Å². The maximum atomic E-state index is 9.06. The summed E-state index contributed by atoms with van der Waals surface area (Å²) >= 11 is 0. The van der Waals surface area contributed by atoms with Crippen LogP contribution in [0.25, 0.3) is 0 Å². The maximum absolute atomic E-state index is 9.06. The van der Waals surface area contributed by atoms with Gasteiger partial charge in [-0.2, -0.15) is 4.99 Å². The van der Waals surface area contributed by atoms with E-state index in [1.54, 1.807) is 0 Å². The molecule has 12 heteroatoms. The molecule has 0 rings (SSSR count). The average molecular weight is 208 g/mol. The Morgan fingerprint density at radius 3 is 1.57 bits per heavy atom. The summed E-state index contributed by atoms with van der Waals surface area (Å²) in [6.07, 6.45) is 0. The standard InChI is InChI=1S/C2H7N5.HN3O4/c3-1(4)7-2(5)6;4-2(5)1-3(6)7/h(H7,3,4,5,6,7);1H. The van der Waals surface area contributed by atoms with Gasteiger partial charge in [0.2, 0.25) is 16.0 Å². The van der Waals surface area contributed by atoms with Gasteiger partial charge in [0.15, 0.2) is 11.5 Å². The lowest BCUT2D eigenvalue weighted by Crippen LogP contribution is -2.27. The molecule has 0 aromatic rings. The SMILES string of the molecule is N=C(N)N=C(N)N.O=[N+]([O-])N[N+](=O)[O-]. The Morgan fingerprint density at radius 1 is 1.21 bits per heavy atom. The van der Waals surface area contributed by atoms with Gasteiger partial charge in [-0.25, -0.2) is 20.2 Å². The summed E-state index contributed by atoms with van der Waals surface area (Å²) in [7, 11) is 0. The topological polar surface area (TPSA) is 213 Å². The Labute approximate surface area is 76.5 Å². The first-order chi connectivity index (χ1) is 6.25. The second kappa shape index (κ2) is 7.01. The van der Waals surface area contributed by atoms with Crippen LogP contribution in [0.2, 0.25) is 0 Å². The van der Waals surface area contributed by atoms with Crippen molar-refractivity contribution < 1.29 is 10.1 Å². The first kappa shape index (κ1) is 13.9. The van der Waals surface area contributed by atoms with E-state index in [4.69, 9.17) is 42.8 Å². The molecule has 0 saturated carbocycles. The number of guanidine groups is 2. The number of hydrazine groups is 2. The molecular weight excluding hydrogens is 200 g/mol. The Morgan fingerprint density at radius 2 is 1.57 bits per heavy atom. The molecule has 0 fully saturated rings. The number of nitrogens with two attached hydrogens (primary N) is 3. The number of hydrogen-bond donors (Lipinski definition) is 5. The highest BCUT2D eigenvalue weighted by Gasteiger charge is 1.99. The lowest BCUT2D eigenvalue weighted by atomic mass is 11.0. The Bertz CT molecular complexity index is 242. The number of rotatable bonds is 2. The predicted molar refractivity (Wildman–Crippen MR) is 44.8 cm³/mol. The minimum absolute atomic E-state index is 0.187. The molecule has 0 spiro atoms. The van der Waals surface area contributed by atoms with Crippen molar-refractivity contribution in [2.45, 2.75) is 0 Å². The zero-order valence-electron chi connectivity index (χ0n) is 6.71.